The van der Waals surface area contributed by atoms with Gasteiger partial charge in [-0.3, -0.25) is 4.79 Å². The summed E-state index contributed by atoms with van der Waals surface area (Å²) in [5.41, 5.74) is 0.152. The molecule has 3 N–H and O–H groups in total. The minimum Gasteiger partial charge on any atom is -0.495 e. The Labute approximate surface area is 130 Å². The second-order valence-electron chi connectivity index (χ2n) is 4.22. The van der Waals surface area contributed by atoms with Crippen LogP contribution < -0.4 is 14.8 Å². The third kappa shape index (κ3) is 4.08. The van der Waals surface area contributed by atoms with Crippen LogP contribution in [0.4, 0.5) is 0 Å². The van der Waals surface area contributed by atoms with Gasteiger partial charge in [0.15, 0.2) is 6.04 Å². The first-order chi connectivity index (χ1) is 9.81. The summed E-state index contributed by atoms with van der Waals surface area (Å²) in [4.78, 5) is 23.1. The van der Waals surface area contributed by atoms with Crippen LogP contribution in [-0.4, -0.2) is 48.5 Å². The van der Waals surface area contributed by atoms with Crippen molar-refractivity contribution >= 4 is 27.8 Å². The van der Waals surface area contributed by atoms with Crippen LogP contribution in [0, 0.1) is 0 Å². The Hall–Kier alpha value is -1.80. The summed E-state index contributed by atoms with van der Waals surface area (Å²) in [6, 6.07) is 1.46. The average molecular weight is 362 g/mol. The smallest absolute Gasteiger partial charge is 0.328 e. The molecule has 0 spiro atoms. The van der Waals surface area contributed by atoms with Gasteiger partial charge in [-0.05, 0) is 35.0 Å². The third-order valence-corrected chi connectivity index (χ3v) is 3.52. The van der Waals surface area contributed by atoms with Crippen LogP contribution >= 0.6 is 15.9 Å². The van der Waals surface area contributed by atoms with Crippen molar-refractivity contribution < 1.29 is 29.3 Å². The molecule has 1 aromatic rings. The first-order valence-corrected chi connectivity index (χ1v) is 6.74. The number of nitrogens with one attached hydrogen (secondary N) is 1. The van der Waals surface area contributed by atoms with E-state index in [-0.39, 0.29) is 5.56 Å². The monoisotopic (exact) mass is 361 g/mol. The Morgan fingerprint density at radius 3 is 2.05 bits per heavy atom. The number of halogens is 1. The van der Waals surface area contributed by atoms with Crippen LogP contribution in [0.15, 0.2) is 16.6 Å². The van der Waals surface area contributed by atoms with Crippen molar-refractivity contribution in [2.75, 3.05) is 14.2 Å². The molecule has 116 valence electrons. The van der Waals surface area contributed by atoms with Crippen LogP contribution in [0.1, 0.15) is 17.3 Å². The molecule has 2 atom stereocenters. The van der Waals surface area contributed by atoms with E-state index < -0.39 is 24.0 Å². The number of ether oxygens (including phenoxy) is 2. The largest absolute Gasteiger partial charge is 0.495 e. The van der Waals surface area contributed by atoms with Crippen molar-refractivity contribution in [1.82, 2.24) is 5.32 Å². The zero-order valence-corrected chi connectivity index (χ0v) is 13.3. The molecule has 1 amide bonds. The fourth-order valence-corrected chi connectivity index (χ4v) is 2.17. The maximum Gasteiger partial charge on any atom is 0.328 e. The summed E-state index contributed by atoms with van der Waals surface area (Å²) < 4.78 is 10.7. The predicted molar refractivity (Wildman–Crippen MR) is 77.8 cm³/mol. The highest BCUT2D eigenvalue weighted by Gasteiger charge is 2.26. The van der Waals surface area contributed by atoms with E-state index >= 15 is 0 Å². The first kappa shape index (κ1) is 17.3. The van der Waals surface area contributed by atoms with Crippen LogP contribution in [0.2, 0.25) is 0 Å². The van der Waals surface area contributed by atoms with Gasteiger partial charge in [-0.15, -0.1) is 0 Å². The molecule has 0 aliphatic heterocycles. The highest BCUT2D eigenvalue weighted by Crippen LogP contribution is 2.35. The maximum atomic E-state index is 12.1. The van der Waals surface area contributed by atoms with Crippen LogP contribution in [0.25, 0.3) is 0 Å². The number of amides is 1. The number of rotatable bonds is 6. The van der Waals surface area contributed by atoms with Crippen molar-refractivity contribution in [2.45, 2.75) is 19.1 Å². The quantitative estimate of drug-likeness (QED) is 0.698. The van der Waals surface area contributed by atoms with Gasteiger partial charge in [0.05, 0.1) is 20.3 Å². The lowest BCUT2D eigenvalue weighted by molar-refractivity contribution is -0.141. The Bertz CT molecular complexity index is 520. The molecule has 0 heterocycles. The number of aliphatic hydroxyl groups excluding tert-OH is 1. The molecule has 1 aromatic carbocycles. The Kier molecular flexibility index (Phi) is 5.98. The summed E-state index contributed by atoms with van der Waals surface area (Å²) in [6.07, 6.45) is -1.23. The van der Waals surface area contributed by atoms with Gasteiger partial charge in [-0.1, -0.05) is 0 Å². The summed E-state index contributed by atoms with van der Waals surface area (Å²) >= 11 is 3.27. The van der Waals surface area contributed by atoms with E-state index in [1.165, 1.54) is 33.3 Å². The molecule has 0 radical (unpaired) electrons. The van der Waals surface area contributed by atoms with Gasteiger partial charge in [0, 0.05) is 5.56 Å². The lowest BCUT2D eigenvalue weighted by Crippen LogP contribution is -2.47. The van der Waals surface area contributed by atoms with Crippen molar-refractivity contribution in [3.05, 3.63) is 22.2 Å². The predicted octanol–water partition coefficient (Wildman–Crippen LogP) is 1.03. The molecule has 7 nitrogen and oxygen atoms in total. The Balaban J connectivity index is 3.10. The summed E-state index contributed by atoms with van der Waals surface area (Å²) in [6.45, 7) is 1.28. The molecule has 21 heavy (non-hydrogen) atoms. The molecule has 8 heteroatoms. The van der Waals surface area contributed by atoms with E-state index in [1.54, 1.807) is 0 Å². The van der Waals surface area contributed by atoms with E-state index in [0.29, 0.717) is 16.0 Å². The summed E-state index contributed by atoms with van der Waals surface area (Å²) in [5, 5.41) is 20.6. The highest BCUT2D eigenvalue weighted by atomic mass is 79.9. The Morgan fingerprint density at radius 1 is 1.24 bits per heavy atom. The van der Waals surface area contributed by atoms with Crippen LogP contribution in [-0.2, 0) is 4.79 Å². The fraction of sp³-hybridized carbons (Fsp3) is 0.385. The highest BCUT2D eigenvalue weighted by molar-refractivity contribution is 9.10. The van der Waals surface area contributed by atoms with E-state index in [4.69, 9.17) is 14.6 Å². The number of carbonyl (C=O) groups is 2. The van der Waals surface area contributed by atoms with Crippen molar-refractivity contribution in [1.29, 1.82) is 0 Å². The number of methoxy groups -OCH3 is 2. The zero-order chi connectivity index (χ0) is 16.2. The van der Waals surface area contributed by atoms with Gasteiger partial charge in [0.2, 0.25) is 0 Å². The number of carbonyl (C=O) groups excluding carboxylic acids is 1. The molecule has 0 saturated carbocycles. The van der Waals surface area contributed by atoms with Crippen molar-refractivity contribution in [3.63, 3.8) is 0 Å². The zero-order valence-electron chi connectivity index (χ0n) is 11.7. The summed E-state index contributed by atoms with van der Waals surface area (Å²) in [7, 11) is 2.86. The SMILES string of the molecule is COc1cc(C(=O)NC(C(=O)O)C(C)O)cc(OC)c1Br. The first-order valence-electron chi connectivity index (χ1n) is 5.95. The number of aliphatic hydroxyl groups is 1. The topological polar surface area (TPSA) is 105 Å². The lowest BCUT2D eigenvalue weighted by Gasteiger charge is -2.18. The standard InChI is InChI=1S/C13H16BrNO6/c1-6(16)11(13(18)19)15-12(17)7-4-8(20-2)10(14)9(5-7)21-3/h4-6,11,16H,1-3H3,(H,15,17)(H,18,19). The molecule has 0 fully saturated rings. The number of carboxylic acids is 1. The molecule has 0 aromatic heterocycles. The Morgan fingerprint density at radius 2 is 1.71 bits per heavy atom. The van der Waals surface area contributed by atoms with Gasteiger partial charge in [0.25, 0.3) is 5.91 Å². The fourth-order valence-electron chi connectivity index (χ4n) is 1.61. The van der Waals surface area contributed by atoms with Crippen LogP contribution in [0.5, 0.6) is 11.5 Å². The molecule has 0 aliphatic rings. The number of hydrogen-bond donors (Lipinski definition) is 3. The molecule has 0 bridgehead atoms. The number of carboxylic acid groups (broad SMARTS) is 1. The van der Waals surface area contributed by atoms with Gasteiger partial charge < -0.3 is 25.0 Å². The minimum absolute atomic E-state index is 0.152. The number of benzene rings is 1. The number of hydrogen-bond acceptors (Lipinski definition) is 5. The van der Waals surface area contributed by atoms with Gasteiger partial charge in [-0.25, -0.2) is 4.79 Å². The maximum absolute atomic E-state index is 12.1. The molecule has 1 rings (SSSR count). The molecule has 0 aliphatic carbocycles. The average Bonchev–Trinajstić information content (AvgIpc) is 2.43. The second kappa shape index (κ2) is 7.28. The second-order valence-corrected chi connectivity index (χ2v) is 5.02. The van der Waals surface area contributed by atoms with Crippen molar-refractivity contribution in [2.24, 2.45) is 0 Å². The van der Waals surface area contributed by atoms with Gasteiger partial charge in [0.1, 0.15) is 16.0 Å². The number of aliphatic carboxylic acids is 1. The van der Waals surface area contributed by atoms with E-state index in [0.717, 1.165) is 0 Å². The van der Waals surface area contributed by atoms with Crippen molar-refractivity contribution in [3.8, 4) is 11.5 Å². The van der Waals surface area contributed by atoms with Gasteiger partial charge >= 0.3 is 5.97 Å². The van der Waals surface area contributed by atoms with E-state index in [2.05, 4.69) is 21.2 Å². The lowest BCUT2D eigenvalue weighted by atomic mass is 10.1. The molecular formula is C13H16BrNO6. The molecule has 0 saturated heterocycles. The van der Waals surface area contributed by atoms with Crippen LogP contribution in [0.3, 0.4) is 0 Å². The van der Waals surface area contributed by atoms with Gasteiger partial charge in [-0.2, -0.15) is 0 Å². The summed E-state index contributed by atoms with van der Waals surface area (Å²) in [5.74, 6) is -1.26. The normalized spacial score (nSPS) is 13.2. The molecule has 2 unspecified atom stereocenters. The van der Waals surface area contributed by atoms with E-state index in [1.807, 2.05) is 0 Å². The third-order valence-electron chi connectivity index (χ3n) is 2.74. The van der Waals surface area contributed by atoms with E-state index in [9.17, 15) is 14.7 Å². The molecular weight excluding hydrogens is 346 g/mol. The minimum atomic E-state index is -1.40.